The van der Waals surface area contributed by atoms with Crippen molar-refractivity contribution >= 4 is 17.5 Å². The normalized spacial score (nSPS) is 10.3. The third-order valence-corrected chi connectivity index (χ3v) is 3.22. The van der Waals surface area contributed by atoms with Crippen LogP contribution in [0.5, 0.6) is 5.75 Å². The number of carbonyl (C=O) groups is 2. The van der Waals surface area contributed by atoms with Crippen molar-refractivity contribution < 1.29 is 23.6 Å². The highest BCUT2D eigenvalue weighted by molar-refractivity contribution is 5.92. The van der Waals surface area contributed by atoms with Gasteiger partial charge >= 0.3 is 0 Å². The highest BCUT2D eigenvalue weighted by Crippen LogP contribution is 2.17. The number of aromatic nitrogens is 1. The minimum absolute atomic E-state index is 0.0494. The first kappa shape index (κ1) is 18.5. The Morgan fingerprint density at radius 2 is 2.00 bits per heavy atom. The first-order valence-electron chi connectivity index (χ1n) is 7.87. The zero-order chi connectivity index (χ0) is 18.1. The second-order valence-electron chi connectivity index (χ2n) is 5.14. The van der Waals surface area contributed by atoms with E-state index in [9.17, 15) is 9.59 Å². The minimum atomic E-state index is -0.330. The molecule has 1 heterocycles. The van der Waals surface area contributed by atoms with Gasteiger partial charge in [-0.1, -0.05) is 12.1 Å². The lowest BCUT2D eigenvalue weighted by atomic mass is 10.3. The maximum atomic E-state index is 11.8. The van der Waals surface area contributed by atoms with Crippen LogP contribution in [0.4, 0.5) is 5.69 Å². The quantitative estimate of drug-likeness (QED) is 0.673. The first-order valence-corrected chi connectivity index (χ1v) is 7.87. The molecule has 0 fully saturated rings. The summed E-state index contributed by atoms with van der Waals surface area (Å²) in [5.74, 6) is 0.659. The topological polar surface area (TPSA) is 103 Å². The molecule has 0 aliphatic heterocycles. The molecule has 25 heavy (non-hydrogen) atoms. The fourth-order valence-electron chi connectivity index (χ4n) is 1.88. The van der Waals surface area contributed by atoms with Crippen LogP contribution in [-0.2, 0) is 16.1 Å². The summed E-state index contributed by atoms with van der Waals surface area (Å²) in [6.45, 7) is 2.75. The molecule has 0 spiro atoms. The molecule has 2 aromatic rings. The van der Waals surface area contributed by atoms with E-state index in [4.69, 9.17) is 14.0 Å². The number of nitrogens with zero attached hydrogens (tertiary/aromatic N) is 1. The molecule has 2 rings (SSSR count). The minimum Gasteiger partial charge on any atom is -0.486 e. The second kappa shape index (κ2) is 9.43. The van der Waals surface area contributed by atoms with E-state index in [0.717, 1.165) is 0 Å². The number of carbonyl (C=O) groups excluding carboxylic acids is 2. The third-order valence-electron chi connectivity index (χ3n) is 3.22. The number of amides is 2. The molecule has 134 valence electrons. The Labute approximate surface area is 145 Å². The van der Waals surface area contributed by atoms with E-state index in [1.807, 2.05) is 0 Å². The Morgan fingerprint density at radius 3 is 2.68 bits per heavy atom. The van der Waals surface area contributed by atoms with Crippen LogP contribution in [-0.4, -0.2) is 37.2 Å². The Morgan fingerprint density at radius 1 is 1.24 bits per heavy atom. The first-order chi connectivity index (χ1) is 12.1. The lowest BCUT2D eigenvalue weighted by Crippen LogP contribution is -2.27. The summed E-state index contributed by atoms with van der Waals surface area (Å²) >= 11 is 0. The van der Waals surface area contributed by atoms with Crippen LogP contribution in [0.2, 0.25) is 0 Å². The molecular weight excluding hydrogens is 326 g/mol. The van der Waals surface area contributed by atoms with E-state index in [2.05, 4.69) is 15.8 Å². The van der Waals surface area contributed by atoms with Crippen molar-refractivity contribution in [1.29, 1.82) is 0 Å². The molecule has 0 aliphatic carbocycles. The van der Waals surface area contributed by atoms with E-state index in [-0.39, 0.29) is 24.1 Å². The molecule has 0 radical (unpaired) electrons. The van der Waals surface area contributed by atoms with Crippen LogP contribution in [0, 0.1) is 0 Å². The van der Waals surface area contributed by atoms with Gasteiger partial charge in [-0.2, -0.15) is 0 Å². The predicted molar refractivity (Wildman–Crippen MR) is 90.4 cm³/mol. The second-order valence-corrected chi connectivity index (χ2v) is 5.14. The molecule has 2 N–H and O–H groups in total. The highest BCUT2D eigenvalue weighted by atomic mass is 16.5. The van der Waals surface area contributed by atoms with Crippen LogP contribution in [0.1, 0.15) is 29.6 Å². The zero-order valence-corrected chi connectivity index (χ0v) is 14.2. The Kier molecular flexibility index (Phi) is 6.97. The molecule has 1 aromatic heterocycles. The summed E-state index contributed by atoms with van der Waals surface area (Å²) in [5, 5.41) is 9.11. The molecule has 8 nitrogen and oxygen atoms in total. The number of benzene rings is 1. The van der Waals surface area contributed by atoms with E-state index in [0.29, 0.717) is 36.8 Å². The van der Waals surface area contributed by atoms with Gasteiger partial charge in [-0.25, -0.2) is 0 Å². The lowest BCUT2D eigenvalue weighted by molar-refractivity contribution is -0.115. The number of hydrogen-bond acceptors (Lipinski definition) is 6. The number of nitrogens with one attached hydrogen (secondary N) is 2. The highest BCUT2D eigenvalue weighted by Gasteiger charge is 2.12. The fraction of sp³-hybridized carbons (Fsp3) is 0.353. The van der Waals surface area contributed by atoms with Crippen molar-refractivity contribution in [3.63, 3.8) is 0 Å². The molecule has 2 amide bonds. The summed E-state index contributed by atoms with van der Waals surface area (Å²) < 4.78 is 15.5. The smallest absolute Gasteiger partial charge is 0.273 e. The zero-order valence-electron chi connectivity index (χ0n) is 14.2. The average Bonchev–Trinajstić information content (AvgIpc) is 3.10. The van der Waals surface area contributed by atoms with Crippen molar-refractivity contribution in [3.8, 4) is 5.75 Å². The number of anilines is 1. The summed E-state index contributed by atoms with van der Waals surface area (Å²) in [6, 6.07) is 8.49. The van der Waals surface area contributed by atoms with Crippen molar-refractivity contribution in [2.24, 2.45) is 0 Å². The van der Waals surface area contributed by atoms with Gasteiger partial charge in [0.15, 0.2) is 11.5 Å². The monoisotopic (exact) mass is 347 g/mol. The standard InChI is InChI=1S/C17H21N3O5/c1-3-16(21)19-12-4-6-13(7-5-12)24-11-14-10-15(20-25-14)17(22)18-8-9-23-2/h4-7,10H,3,8-9,11H2,1-2H3,(H,18,22)(H,19,21). The average molecular weight is 347 g/mol. The molecule has 0 unspecified atom stereocenters. The maximum absolute atomic E-state index is 11.8. The Balaban J connectivity index is 1.83. The van der Waals surface area contributed by atoms with Gasteiger partial charge in [0.1, 0.15) is 12.4 Å². The van der Waals surface area contributed by atoms with Gasteiger partial charge in [-0.15, -0.1) is 0 Å². The summed E-state index contributed by atoms with van der Waals surface area (Å²) in [7, 11) is 1.56. The number of hydrogen-bond donors (Lipinski definition) is 2. The van der Waals surface area contributed by atoms with E-state index in [1.165, 1.54) is 6.07 Å². The number of ether oxygens (including phenoxy) is 2. The molecule has 0 saturated carbocycles. The van der Waals surface area contributed by atoms with Crippen molar-refractivity contribution in [2.45, 2.75) is 20.0 Å². The molecular formula is C17H21N3O5. The number of methoxy groups -OCH3 is 1. The van der Waals surface area contributed by atoms with Gasteiger partial charge in [-0.05, 0) is 24.3 Å². The molecule has 0 aliphatic rings. The molecule has 0 saturated heterocycles. The molecule has 8 heteroatoms. The Bertz CT molecular complexity index is 697. The molecule has 0 atom stereocenters. The lowest BCUT2D eigenvalue weighted by Gasteiger charge is -2.06. The summed E-state index contributed by atoms with van der Waals surface area (Å²) in [5.41, 5.74) is 0.890. The summed E-state index contributed by atoms with van der Waals surface area (Å²) in [6.07, 6.45) is 0.422. The van der Waals surface area contributed by atoms with Gasteiger partial charge in [-0.3, -0.25) is 9.59 Å². The SMILES string of the molecule is CCC(=O)Nc1ccc(OCc2cc(C(=O)NCCOC)no2)cc1. The van der Waals surface area contributed by atoms with Gasteiger partial charge in [0.05, 0.1) is 6.61 Å². The fourth-order valence-corrected chi connectivity index (χ4v) is 1.88. The van der Waals surface area contributed by atoms with Crippen LogP contribution in [0.25, 0.3) is 0 Å². The van der Waals surface area contributed by atoms with Crippen molar-refractivity contribution in [3.05, 3.63) is 41.8 Å². The van der Waals surface area contributed by atoms with E-state index in [1.54, 1.807) is 38.3 Å². The van der Waals surface area contributed by atoms with Crippen LogP contribution >= 0.6 is 0 Å². The van der Waals surface area contributed by atoms with Crippen molar-refractivity contribution in [2.75, 3.05) is 25.6 Å². The van der Waals surface area contributed by atoms with Crippen molar-refractivity contribution in [1.82, 2.24) is 10.5 Å². The number of rotatable bonds is 9. The van der Waals surface area contributed by atoms with Gasteiger partial charge in [0.2, 0.25) is 5.91 Å². The predicted octanol–water partition coefficient (Wildman–Crippen LogP) is 1.98. The maximum Gasteiger partial charge on any atom is 0.273 e. The van der Waals surface area contributed by atoms with Crippen LogP contribution < -0.4 is 15.4 Å². The van der Waals surface area contributed by atoms with Crippen LogP contribution in [0.15, 0.2) is 34.9 Å². The largest absolute Gasteiger partial charge is 0.486 e. The van der Waals surface area contributed by atoms with E-state index < -0.39 is 0 Å². The van der Waals surface area contributed by atoms with E-state index >= 15 is 0 Å². The Hall–Kier alpha value is -2.87. The summed E-state index contributed by atoms with van der Waals surface area (Å²) in [4.78, 5) is 23.1. The third kappa shape index (κ3) is 5.92. The van der Waals surface area contributed by atoms with Crippen LogP contribution in [0.3, 0.4) is 0 Å². The van der Waals surface area contributed by atoms with Gasteiger partial charge in [0, 0.05) is 31.8 Å². The van der Waals surface area contributed by atoms with Gasteiger partial charge < -0.3 is 24.6 Å². The molecule has 0 bridgehead atoms. The molecule has 1 aromatic carbocycles. The van der Waals surface area contributed by atoms with Gasteiger partial charge in [0.25, 0.3) is 5.91 Å².